The van der Waals surface area contributed by atoms with E-state index in [1.54, 1.807) is 0 Å². The van der Waals surface area contributed by atoms with Crippen LogP contribution in [0.3, 0.4) is 0 Å². The molecule has 0 N–H and O–H groups in total. The minimum Gasteiger partial charge on any atom is -0.449 e. The standard InChI is InChI=1S/C24H20F11NO2/c1-3-16-11-18(17-10-12(22(27,28)29)5-6-19(17)36(16)20(37)38-4-2)21(25,26)13-7-14(23(30,31)32)9-15(8-13)24(33,34)35/h5-10,16,18H,3-4,11H2,1-2H3. The lowest BCUT2D eigenvalue weighted by atomic mass is 9.77. The van der Waals surface area contributed by atoms with Crippen molar-refractivity contribution in [1.82, 2.24) is 0 Å². The van der Waals surface area contributed by atoms with E-state index in [4.69, 9.17) is 4.74 Å². The summed E-state index contributed by atoms with van der Waals surface area (Å²) in [5.41, 5.74) is -8.25. The SMILES string of the molecule is CCOC(=O)N1c2ccc(C(F)(F)F)cc2C(C(F)(F)c2cc(C(F)(F)F)cc(C(F)(F)F)c2)CC1CC. The smallest absolute Gasteiger partial charge is 0.416 e. The van der Waals surface area contributed by atoms with Gasteiger partial charge in [-0.1, -0.05) is 6.92 Å². The zero-order chi connectivity index (χ0) is 28.8. The summed E-state index contributed by atoms with van der Waals surface area (Å²) < 4.78 is 157. The Morgan fingerprint density at radius 3 is 1.74 bits per heavy atom. The number of amides is 1. The number of fused-ring (bicyclic) bond motifs is 1. The van der Waals surface area contributed by atoms with Gasteiger partial charge in [0.25, 0.3) is 5.92 Å². The first kappa shape index (κ1) is 29.5. The van der Waals surface area contributed by atoms with Crippen molar-refractivity contribution in [3.8, 4) is 0 Å². The molecule has 3 rings (SSSR count). The molecule has 0 spiro atoms. The monoisotopic (exact) mass is 563 g/mol. The van der Waals surface area contributed by atoms with Crippen LogP contribution in [0.25, 0.3) is 0 Å². The van der Waals surface area contributed by atoms with E-state index in [9.17, 15) is 44.3 Å². The van der Waals surface area contributed by atoms with Crippen molar-refractivity contribution in [2.24, 2.45) is 0 Å². The third-order valence-electron chi connectivity index (χ3n) is 6.21. The van der Waals surface area contributed by atoms with Crippen LogP contribution < -0.4 is 4.90 Å². The van der Waals surface area contributed by atoms with E-state index in [2.05, 4.69) is 0 Å². The summed E-state index contributed by atoms with van der Waals surface area (Å²) in [6, 6.07) is -0.125. The molecule has 1 aliphatic rings. The van der Waals surface area contributed by atoms with Crippen molar-refractivity contribution in [2.45, 2.75) is 63.1 Å². The van der Waals surface area contributed by atoms with E-state index in [-0.39, 0.29) is 31.2 Å². The van der Waals surface area contributed by atoms with Crippen LogP contribution in [0.15, 0.2) is 36.4 Å². The van der Waals surface area contributed by atoms with Gasteiger partial charge in [0.05, 0.1) is 34.9 Å². The average Bonchev–Trinajstić information content (AvgIpc) is 2.80. The number of alkyl halides is 11. The Balaban J connectivity index is 2.29. The average molecular weight is 563 g/mol. The van der Waals surface area contributed by atoms with Gasteiger partial charge in [0.1, 0.15) is 0 Å². The molecule has 0 fully saturated rings. The summed E-state index contributed by atoms with van der Waals surface area (Å²) in [7, 11) is 0. The maximum atomic E-state index is 15.9. The third kappa shape index (κ3) is 5.68. The first-order valence-electron chi connectivity index (χ1n) is 11.2. The molecule has 1 heterocycles. The molecule has 3 nitrogen and oxygen atoms in total. The highest BCUT2D eigenvalue weighted by atomic mass is 19.4. The summed E-state index contributed by atoms with van der Waals surface area (Å²) in [4.78, 5) is 13.5. The topological polar surface area (TPSA) is 29.5 Å². The lowest BCUT2D eigenvalue weighted by Gasteiger charge is -2.42. The van der Waals surface area contributed by atoms with Gasteiger partial charge in [-0.2, -0.15) is 39.5 Å². The van der Waals surface area contributed by atoms with E-state index in [0.717, 1.165) is 11.0 Å². The van der Waals surface area contributed by atoms with Gasteiger partial charge in [-0.05, 0) is 61.7 Å². The number of rotatable bonds is 4. The van der Waals surface area contributed by atoms with E-state index >= 15 is 8.78 Å². The number of halogens is 11. The number of carbonyl (C=O) groups excluding carboxylic acids is 1. The van der Waals surface area contributed by atoms with Crippen LogP contribution in [0.5, 0.6) is 0 Å². The van der Waals surface area contributed by atoms with Crippen molar-refractivity contribution in [3.63, 3.8) is 0 Å². The molecule has 2 aromatic carbocycles. The van der Waals surface area contributed by atoms with Crippen LogP contribution in [0.4, 0.5) is 58.8 Å². The van der Waals surface area contributed by atoms with E-state index < -0.39 is 82.4 Å². The van der Waals surface area contributed by atoms with Gasteiger partial charge < -0.3 is 4.74 Å². The lowest BCUT2D eigenvalue weighted by Crippen LogP contribution is -2.47. The van der Waals surface area contributed by atoms with E-state index in [1.807, 2.05) is 0 Å². The molecule has 0 aromatic heterocycles. The Morgan fingerprint density at radius 1 is 0.789 bits per heavy atom. The highest BCUT2D eigenvalue weighted by Crippen LogP contribution is 2.53. The summed E-state index contributed by atoms with van der Waals surface area (Å²) in [5.74, 6) is -6.81. The predicted octanol–water partition coefficient (Wildman–Crippen LogP) is 8.76. The highest BCUT2D eigenvalue weighted by Gasteiger charge is 2.51. The van der Waals surface area contributed by atoms with Crippen molar-refractivity contribution in [1.29, 1.82) is 0 Å². The molecule has 38 heavy (non-hydrogen) atoms. The second-order valence-corrected chi connectivity index (χ2v) is 8.61. The largest absolute Gasteiger partial charge is 0.449 e. The fourth-order valence-corrected chi connectivity index (χ4v) is 4.41. The van der Waals surface area contributed by atoms with Crippen LogP contribution >= 0.6 is 0 Å². The van der Waals surface area contributed by atoms with Gasteiger partial charge in [-0.25, -0.2) is 13.6 Å². The second-order valence-electron chi connectivity index (χ2n) is 8.61. The fourth-order valence-electron chi connectivity index (χ4n) is 4.41. The van der Waals surface area contributed by atoms with Crippen LogP contribution in [0.1, 0.15) is 60.4 Å². The summed E-state index contributed by atoms with van der Waals surface area (Å²) in [5, 5.41) is 0. The molecule has 210 valence electrons. The normalized spacial score (nSPS) is 18.8. The Labute approximate surface area is 209 Å². The van der Waals surface area contributed by atoms with Crippen LogP contribution in [-0.2, 0) is 29.2 Å². The fraction of sp³-hybridized carbons (Fsp3) is 0.458. The zero-order valence-corrected chi connectivity index (χ0v) is 19.7. The molecule has 1 aliphatic heterocycles. The minimum atomic E-state index is -5.42. The number of anilines is 1. The number of hydrogen-bond donors (Lipinski definition) is 0. The molecule has 0 bridgehead atoms. The van der Waals surface area contributed by atoms with Crippen LogP contribution in [-0.4, -0.2) is 18.7 Å². The molecule has 2 unspecified atom stereocenters. The van der Waals surface area contributed by atoms with E-state index in [1.165, 1.54) is 13.8 Å². The Hall–Kier alpha value is -3.06. The van der Waals surface area contributed by atoms with Gasteiger partial charge in [-0.3, -0.25) is 4.90 Å². The van der Waals surface area contributed by atoms with Crippen molar-refractivity contribution in [3.05, 3.63) is 64.2 Å². The number of hydrogen-bond acceptors (Lipinski definition) is 2. The molecule has 0 saturated heterocycles. The summed E-state index contributed by atoms with van der Waals surface area (Å²) in [6.45, 7) is 2.73. The Bertz CT molecular complexity index is 1150. The van der Waals surface area contributed by atoms with Gasteiger partial charge >= 0.3 is 24.6 Å². The number of nitrogens with zero attached hydrogens (tertiary/aromatic N) is 1. The molecule has 0 radical (unpaired) electrons. The van der Waals surface area contributed by atoms with Gasteiger partial charge in [-0.15, -0.1) is 0 Å². The minimum absolute atomic E-state index is 0.0255. The molecule has 1 amide bonds. The first-order valence-corrected chi connectivity index (χ1v) is 11.2. The number of carbonyl (C=O) groups is 1. The first-order chi connectivity index (χ1) is 17.3. The van der Waals surface area contributed by atoms with Gasteiger partial charge in [0.15, 0.2) is 0 Å². The highest BCUT2D eigenvalue weighted by molar-refractivity contribution is 5.90. The Kier molecular flexibility index (Phi) is 7.70. The van der Waals surface area contributed by atoms with Gasteiger partial charge in [0, 0.05) is 11.6 Å². The van der Waals surface area contributed by atoms with Crippen molar-refractivity contribution in [2.75, 3.05) is 11.5 Å². The maximum Gasteiger partial charge on any atom is 0.416 e. The zero-order valence-electron chi connectivity index (χ0n) is 19.7. The maximum absolute atomic E-state index is 15.9. The predicted molar refractivity (Wildman–Crippen MR) is 113 cm³/mol. The molecule has 2 atom stereocenters. The van der Waals surface area contributed by atoms with E-state index in [0.29, 0.717) is 12.1 Å². The number of benzene rings is 2. The van der Waals surface area contributed by atoms with Crippen molar-refractivity contribution < 1.29 is 57.8 Å². The molecular formula is C24H20F11NO2. The van der Waals surface area contributed by atoms with Crippen LogP contribution in [0.2, 0.25) is 0 Å². The summed E-state index contributed by atoms with van der Waals surface area (Å²) in [6.07, 6.45) is -17.7. The molecule has 0 saturated carbocycles. The lowest BCUT2D eigenvalue weighted by molar-refractivity contribution is -0.144. The Morgan fingerprint density at radius 2 is 1.29 bits per heavy atom. The molecule has 0 aliphatic carbocycles. The van der Waals surface area contributed by atoms with Crippen molar-refractivity contribution >= 4 is 11.8 Å². The quantitative estimate of drug-likeness (QED) is 0.348. The molecular weight excluding hydrogens is 543 g/mol. The molecule has 2 aromatic rings. The molecule has 14 heteroatoms. The third-order valence-corrected chi connectivity index (χ3v) is 6.21. The number of ether oxygens (including phenoxy) is 1. The second kappa shape index (κ2) is 9.92. The summed E-state index contributed by atoms with van der Waals surface area (Å²) >= 11 is 0. The van der Waals surface area contributed by atoms with Crippen LogP contribution in [0, 0.1) is 0 Å². The van der Waals surface area contributed by atoms with Gasteiger partial charge in [0.2, 0.25) is 0 Å².